The van der Waals surface area contributed by atoms with Crippen LogP contribution in [0.2, 0.25) is 0 Å². The summed E-state index contributed by atoms with van der Waals surface area (Å²) in [6, 6.07) is 0.357. The van der Waals surface area contributed by atoms with E-state index < -0.39 is 10.8 Å². The Bertz CT molecular complexity index is 116. The van der Waals surface area contributed by atoms with Gasteiger partial charge in [-0.1, -0.05) is 6.92 Å². The molecule has 0 rings (SSSR count). The molecule has 0 aliphatic rings. The van der Waals surface area contributed by atoms with Crippen molar-refractivity contribution < 1.29 is 4.21 Å². The van der Waals surface area contributed by atoms with Gasteiger partial charge in [-0.25, -0.2) is 0 Å². The van der Waals surface area contributed by atoms with E-state index in [2.05, 4.69) is 19.2 Å². The summed E-state index contributed by atoms with van der Waals surface area (Å²) >= 11 is 0. The van der Waals surface area contributed by atoms with E-state index in [4.69, 9.17) is 0 Å². The van der Waals surface area contributed by atoms with Crippen molar-refractivity contribution in [2.45, 2.75) is 32.1 Å². The van der Waals surface area contributed by atoms with Gasteiger partial charge < -0.3 is 5.32 Å². The number of rotatable bonds is 4. The van der Waals surface area contributed by atoms with Gasteiger partial charge in [0.2, 0.25) is 0 Å². The van der Waals surface area contributed by atoms with Crippen LogP contribution in [0.15, 0.2) is 0 Å². The van der Waals surface area contributed by atoms with Crippen LogP contribution in [0.3, 0.4) is 0 Å². The fourth-order valence-electron chi connectivity index (χ4n) is 0.775. The Morgan fingerprint density at radius 2 is 2.00 bits per heavy atom. The lowest BCUT2D eigenvalue weighted by atomic mass is 10.2. The first-order valence-electron chi connectivity index (χ1n) is 3.65. The third-order valence-electron chi connectivity index (χ3n) is 1.75. The molecule has 0 aromatic carbocycles. The standard InChI is InChI=1S/C7H17NOS/c1-5-8-6(2)7(3)10(4)9/h6-8H,5H2,1-4H3. The predicted molar refractivity (Wildman–Crippen MR) is 46.7 cm³/mol. The van der Waals surface area contributed by atoms with Gasteiger partial charge in [0.25, 0.3) is 0 Å². The SMILES string of the molecule is CCNC(C)C(C)S(C)=O. The van der Waals surface area contributed by atoms with Crippen molar-refractivity contribution in [1.82, 2.24) is 5.32 Å². The van der Waals surface area contributed by atoms with Crippen LogP contribution in [-0.2, 0) is 10.8 Å². The molecule has 0 aliphatic carbocycles. The molecular weight excluding hydrogens is 146 g/mol. The quantitative estimate of drug-likeness (QED) is 0.662. The second kappa shape index (κ2) is 4.85. The Balaban J connectivity index is 3.69. The molecule has 3 atom stereocenters. The zero-order valence-corrected chi connectivity index (χ0v) is 7.99. The summed E-state index contributed by atoms with van der Waals surface area (Å²) in [4.78, 5) is 0. The Morgan fingerprint density at radius 3 is 2.30 bits per heavy atom. The van der Waals surface area contributed by atoms with E-state index in [9.17, 15) is 4.21 Å². The van der Waals surface area contributed by atoms with Crippen LogP contribution in [-0.4, -0.2) is 28.3 Å². The molecule has 0 aliphatic heterocycles. The molecule has 0 spiro atoms. The average Bonchev–Trinajstić information content (AvgIpc) is 1.87. The van der Waals surface area contributed by atoms with E-state index in [1.165, 1.54) is 0 Å². The lowest BCUT2D eigenvalue weighted by molar-refractivity contribution is 0.551. The monoisotopic (exact) mass is 163 g/mol. The highest BCUT2D eigenvalue weighted by Gasteiger charge is 2.13. The summed E-state index contributed by atoms with van der Waals surface area (Å²) in [5, 5.41) is 3.48. The molecule has 0 saturated heterocycles. The molecule has 0 bridgehead atoms. The summed E-state index contributed by atoms with van der Waals surface area (Å²) in [7, 11) is -0.704. The van der Waals surface area contributed by atoms with Gasteiger partial charge in [0.05, 0.1) is 0 Å². The third-order valence-corrected chi connectivity index (χ3v) is 3.21. The molecule has 1 N–H and O–H groups in total. The maximum absolute atomic E-state index is 10.9. The zero-order chi connectivity index (χ0) is 8.15. The zero-order valence-electron chi connectivity index (χ0n) is 7.18. The highest BCUT2D eigenvalue weighted by Crippen LogP contribution is 1.98. The predicted octanol–water partition coefficient (Wildman–Crippen LogP) is 0.751. The summed E-state index contributed by atoms with van der Waals surface area (Å²) < 4.78 is 10.9. The van der Waals surface area contributed by atoms with Gasteiger partial charge in [0.1, 0.15) is 0 Å². The van der Waals surface area contributed by atoms with Crippen LogP contribution in [0.1, 0.15) is 20.8 Å². The summed E-state index contributed by atoms with van der Waals surface area (Å²) in [6.07, 6.45) is 1.75. The van der Waals surface area contributed by atoms with Gasteiger partial charge in [-0.2, -0.15) is 0 Å². The van der Waals surface area contributed by atoms with Gasteiger partial charge in [-0.05, 0) is 20.4 Å². The molecule has 0 fully saturated rings. The van der Waals surface area contributed by atoms with Crippen molar-refractivity contribution >= 4 is 10.8 Å². The van der Waals surface area contributed by atoms with Crippen molar-refractivity contribution in [2.24, 2.45) is 0 Å². The molecular formula is C7H17NOS. The lowest BCUT2D eigenvalue weighted by Gasteiger charge is -2.17. The summed E-state index contributed by atoms with van der Waals surface area (Å²) in [6.45, 7) is 7.07. The van der Waals surface area contributed by atoms with Gasteiger partial charge in [-0.15, -0.1) is 0 Å². The van der Waals surface area contributed by atoms with Crippen molar-refractivity contribution in [3.63, 3.8) is 0 Å². The highest BCUT2D eigenvalue weighted by molar-refractivity contribution is 7.84. The topological polar surface area (TPSA) is 29.1 Å². The van der Waals surface area contributed by atoms with Crippen molar-refractivity contribution in [3.8, 4) is 0 Å². The minimum Gasteiger partial charge on any atom is -0.313 e. The first-order valence-corrected chi connectivity index (χ1v) is 5.27. The molecule has 3 unspecified atom stereocenters. The van der Waals surface area contributed by atoms with Gasteiger partial charge in [0.15, 0.2) is 0 Å². The largest absolute Gasteiger partial charge is 0.313 e. The van der Waals surface area contributed by atoms with Crippen LogP contribution in [0.4, 0.5) is 0 Å². The maximum Gasteiger partial charge on any atom is 0.0467 e. The minimum atomic E-state index is -0.704. The van der Waals surface area contributed by atoms with Crippen molar-refractivity contribution in [3.05, 3.63) is 0 Å². The van der Waals surface area contributed by atoms with E-state index >= 15 is 0 Å². The van der Waals surface area contributed by atoms with Crippen LogP contribution < -0.4 is 5.32 Å². The van der Waals surface area contributed by atoms with E-state index in [1.54, 1.807) is 6.26 Å². The van der Waals surface area contributed by atoms with Crippen molar-refractivity contribution in [2.75, 3.05) is 12.8 Å². The molecule has 0 aromatic heterocycles. The molecule has 0 aromatic rings. The van der Waals surface area contributed by atoms with E-state index in [0.29, 0.717) is 6.04 Å². The molecule has 0 saturated carbocycles. The molecule has 3 heteroatoms. The molecule has 0 radical (unpaired) electrons. The highest BCUT2D eigenvalue weighted by atomic mass is 32.2. The Labute approximate surface area is 65.9 Å². The van der Waals surface area contributed by atoms with Crippen LogP contribution in [0.25, 0.3) is 0 Å². The minimum absolute atomic E-state index is 0.250. The molecule has 2 nitrogen and oxygen atoms in total. The fourth-order valence-corrected chi connectivity index (χ4v) is 1.45. The van der Waals surface area contributed by atoms with Gasteiger partial charge >= 0.3 is 0 Å². The summed E-state index contributed by atoms with van der Waals surface area (Å²) in [5.74, 6) is 0. The lowest BCUT2D eigenvalue weighted by Crippen LogP contribution is -2.37. The molecule has 0 amide bonds. The third kappa shape index (κ3) is 3.32. The molecule has 62 valence electrons. The fraction of sp³-hybridized carbons (Fsp3) is 1.00. The number of hydrogen-bond donors (Lipinski definition) is 1. The Kier molecular flexibility index (Phi) is 4.91. The smallest absolute Gasteiger partial charge is 0.0467 e. The first-order chi connectivity index (χ1) is 4.59. The van der Waals surface area contributed by atoms with Gasteiger partial charge in [0, 0.05) is 28.3 Å². The second-order valence-electron chi connectivity index (χ2n) is 2.55. The maximum atomic E-state index is 10.9. The van der Waals surface area contributed by atoms with Crippen LogP contribution in [0, 0.1) is 0 Å². The van der Waals surface area contributed by atoms with Gasteiger partial charge in [-0.3, -0.25) is 4.21 Å². The Hall–Kier alpha value is 0.110. The van der Waals surface area contributed by atoms with E-state index in [-0.39, 0.29) is 5.25 Å². The molecule has 0 heterocycles. The normalized spacial score (nSPS) is 20.0. The molecule has 10 heavy (non-hydrogen) atoms. The number of nitrogens with one attached hydrogen (secondary N) is 1. The van der Waals surface area contributed by atoms with E-state index in [0.717, 1.165) is 6.54 Å². The number of hydrogen-bond acceptors (Lipinski definition) is 2. The van der Waals surface area contributed by atoms with Crippen LogP contribution >= 0.6 is 0 Å². The first kappa shape index (κ1) is 10.1. The Morgan fingerprint density at radius 1 is 1.50 bits per heavy atom. The second-order valence-corrected chi connectivity index (χ2v) is 4.29. The van der Waals surface area contributed by atoms with Crippen molar-refractivity contribution in [1.29, 1.82) is 0 Å². The van der Waals surface area contributed by atoms with Crippen LogP contribution in [0.5, 0.6) is 0 Å². The summed E-state index contributed by atoms with van der Waals surface area (Å²) in [5.41, 5.74) is 0. The average molecular weight is 163 g/mol. The van der Waals surface area contributed by atoms with E-state index in [1.807, 2.05) is 6.92 Å².